The van der Waals surface area contributed by atoms with Crippen molar-refractivity contribution in [3.63, 3.8) is 0 Å². The van der Waals surface area contributed by atoms with Gasteiger partial charge >= 0.3 is 0 Å². The molecule has 96 valence electrons. The molecule has 3 nitrogen and oxygen atoms in total. The van der Waals surface area contributed by atoms with Crippen molar-refractivity contribution in [3.8, 4) is 0 Å². The lowest BCUT2D eigenvalue weighted by atomic mass is 9.93. The van der Waals surface area contributed by atoms with Gasteiger partial charge in [-0.25, -0.2) is 0 Å². The molecule has 0 aliphatic carbocycles. The Morgan fingerprint density at radius 3 is 2.25 bits per heavy atom. The van der Waals surface area contributed by atoms with E-state index in [1.165, 1.54) is 12.8 Å². The molecule has 0 saturated carbocycles. The van der Waals surface area contributed by atoms with Crippen molar-refractivity contribution in [3.05, 3.63) is 0 Å². The lowest BCUT2D eigenvalue weighted by molar-refractivity contribution is -0.126. The van der Waals surface area contributed by atoms with Crippen LogP contribution in [0.5, 0.6) is 0 Å². The Kier molecular flexibility index (Phi) is 7.39. The van der Waals surface area contributed by atoms with Crippen LogP contribution in [0.4, 0.5) is 0 Å². The van der Waals surface area contributed by atoms with Crippen molar-refractivity contribution in [2.24, 2.45) is 11.7 Å². The molecule has 0 spiro atoms. The van der Waals surface area contributed by atoms with Crippen LogP contribution < -0.4 is 11.1 Å². The van der Waals surface area contributed by atoms with Crippen molar-refractivity contribution < 1.29 is 4.79 Å². The fraction of sp³-hybridized carbons (Fsp3) is 0.923. The van der Waals surface area contributed by atoms with Gasteiger partial charge in [-0.05, 0) is 25.2 Å². The van der Waals surface area contributed by atoms with E-state index in [4.69, 9.17) is 5.73 Å². The summed E-state index contributed by atoms with van der Waals surface area (Å²) in [5.41, 5.74) is 5.32. The summed E-state index contributed by atoms with van der Waals surface area (Å²) in [4.78, 5) is 11.8. The van der Waals surface area contributed by atoms with Crippen molar-refractivity contribution in [1.82, 2.24) is 5.32 Å². The molecular weight excluding hydrogens is 200 g/mol. The van der Waals surface area contributed by atoms with Gasteiger partial charge in [-0.1, -0.05) is 40.5 Å². The first-order valence-electron chi connectivity index (χ1n) is 6.53. The van der Waals surface area contributed by atoms with E-state index in [2.05, 4.69) is 19.2 Å². The van der Waals surface area contributed by atoms with Crippen molar-refractivity contribution >= 4 is 5.91 Å². The molecule has 1 amide bonds. The summed E-state index contributed by atoms with van der Waals surface area (Å²) in [6.45, 7) is 9.11. The van der Waals surface area contributed by atoms with Crippen molar-refractivity contribution in [2.75, 3.05) is 6.54 Å². The van der Waals surface area contributed by atoms with Crippen molar-refractivity contribution in [2.45, 2.75) is 65.3 Å². The minimum Gasteiger partial charge on any atom is -0.355 e. The fourth-order valence-electron chi connectivity index (χ4n) is 1.63. The average Bonchev–Trinajstić information content (AvgIpc) is 2.26. The van der Waals surface area contributed by atoms with Gasteiger partial charge in [0.25, 0.3) is 0 Å². The number of nitrogens with one attached hydrogen (secondary N) is 1. The fourth-order valence-corrected chi connectivity index (χ4v) is 1.63. The van der Waals surface area contributed by atoms with Gasteiger partial charge in [-0.3, -0.25) is 4.79 Å². The van der Waals surface area contributed by atoms with Gasteiger partial charge in [0.15, 0.2) is 0 Å². The maximum atomic E-state index is 11.8. The highest BCUT2D eigenvalue weighted by Crippen LogP contribution is 2.11. The van der Waals surface area contributed by atoms with E-state index in [9.17, 15) is 4.79 Å². The van der Waals surface area contributed by atoms with Gasteiger partial charge in [0, 0.05) is 6.54 Å². The van der Waals surface area contributed by atoms with Crippen LogP contribution in [0.1, 0.15) is 59.8 Å². The van der Waals surface area contributed by atoms with Gasteiger partial charge in [0.1, 0.15) is 0 Å². The summed E-state index contributed by atoms with van der Waals surface area (Å²) >= 11 is 0. The molecule has 0 saturated heterocycles. The third-order valence-electron chi connectivity index (χ3n) is 3.21. The third-order valence-corrected chi connectivity index (χ3v) is 3.21. The van der Waals surface area contributed by atoms with Gasteiger partial charge in [0.2, 0.25) is 5.91 Å². The van der Waals surface area contributed by atoms with E-state index in [1.807, 2.05) is 13.8 Å². The second-order valence-corrected chi connectivity index (χ2v) is 5.01. The van der Waals surface area contributed by atoms with E-state index in [0.717, 1.165) is 18.9 Å². The van der Waals surface area contributed by atoms with Crippen molar-refractivity contribution in [1.29, 1.82) is 0 Å². The molecule has 0 heterocycles. The van der Waals surface area contributed by atoms with E-state index >= 15 is 0 Å². The number of hydrogen-bond acceptors (Lipinski definition) is 2. The molecule has 0 radical (unpaired) electrons. The Morgan fingerprint density at radius 1 is 1.25 bits per heavy atom. The molecule has 0 aromatic heterocycles. The Bertz CT molecular complexity index is 198. The Morgan fingerprint density at radius 2 is 1.81 bits per heavy atom. The van der Waals surface area contributed by atoms with Gasteiger partial charge in [-0.15, -0.1) is 0 Å². The molecule has 0 aromatic rings. The van der Waals surface area contributed by atoms with Crippen LogP contribution in [0, 0.1) is 5.92 Å². The molecule has 0 atom stereocenters. The molecule has 3 heteroatoms. The quantitative estimate of drug-likeness (QED) is 0.627. The zero-order valence-corrected chi connectivity index (χ0v) is 11.3. The second-order valence-electron chi connectivity index (χ2n) is 5.01. The normalized spacial score (nSPS) is 11.9. The number of rotatable bonds is 8. The highest BCUT2D eigenvalue weighted by atomic mass is 16.2. The van der Waals surface area contributed by atoms with E-state index < -0.39 is 5.54 Å². The molecule has 0 bridgehead atoms. The van der Waals surface area contributed by atoms with Crippen LogP contribution in [0.15, 0.2) is 0 Å². The van der Waals surface area contributed by atoms with E-state index in [1.54, 1.807) is 0 Å². The Balaban J connectivity index is 3.73. The summed E-state index contributed by atoms with van der Waals surface area (Å²) in [6.07, 6.45) is 4.84. The van der Waals surface area contributed by atoms with Gasteiger partial charge in [-0.2, -0.15) is 0 Å². The zero-order valence-electron chi connectivity index (χ0n) is 11.3. The number of carbonyl (C=O) groups excluding carboxylic acids is 1. The van der Waals surface area contributed by atoms with Gasteiger partial charge < -0.3 is 11.1 Å². The first-order valence-corrected chi connectivity index (χ1v) is 6.53. The summed E-state index contributed by atoms with van der Waals surface area (Å²) < 4.78 is 0. The molecule has 16 heavy (non-hydrogen) atoms. The average molecular weight is 228 g/mol. The Hall–Kier alpha value is -0.570. The second kappa shape index (κ2) is 7.66. The summed E-state index contributed by atoms with van der Waals surface area (Å²) in [7, 11) is 0. The smallest absolute Gasteiger partial charge is 0.240 e. The maximum Gasteiger partial charge on any atom is 0.240 e. The maximum absolute atomic E-state index is 11.8. The summed E-state index contributed by atoms with van der Waals surface area (Å²) in [5.74, 6) is 0.748. The lowest BCUT2D eigenvalue weighted by Crippen LogP contribution is -2.53. The minimum absolute atomic E-state index is 0.00190. The zero-order chi connectivity index (χ0) is 12.6. The van der Waals surface area contributed by atoms with Crippen LogP contribution in [0.25, 0.3) is 0 Å². The number of carbonyl (C=O) groups is 1. The van der Waals surface area contributed by atoms with E-state index in [0.29, 0.717) is 12.8 Å². The molecule has 0 unspecified atom stereocenters. The first kappa shape index (κ1) is 15.4. The molecule has 0 aliphatic rings. The molecule has 0 rings (SSSR count). The van der Waals surface area contributed by atoms with E-state index in [-0.39, 0.29) is 5.91 Å². The standard InChI is InChI=1S/C13H28N2O/c1-5-13(14,6-2)12(16)15-10-8-7-9-11(3)4/h11H,5-10,14H2,1-4H3,(H,15,16). The predicted molar refractivity (Wildman–Crippen MR) is 69.2 cm³/mol. The monoisotopic (exact) mass is 228 g/mol. The van der Waals surface area contributed by atoms with Crippen LogP contribution in [-0.2, 0) is 4.79 Å². The summed E-state index contributed by atoms with van der Waals surface area (Å²) in [5, 5.41) is 2.93. The number of unbranched alkanes of at least 4 members (excludes halogenated alkanes) is 1. The number of hydrogen-bond donors (Lipinski definition) is 2. The predicted octanol–water partition coefficient (Wildman–Crippen LogP) is 2.45. The molecule has 0 aromatic carbocycles. The van der Waals surface area contributed by atoms with Crippen LogP contribution >= 0.6 is 0 Å². The van der Waals surface area contributed by atoms with Gasteiger partial charge in [0.05, 0.1) is 5.54 Å². The number of nitrogens with two attached hydrogens (primary N) is 1. The third kappa shape index (κ3) is 5.50. The molecule has 0 aliphatic heterocycles. The molecule has 3 N–H and O–H groups in total. The lowest BCUT2D eigenvalue weighted by Gasteiger charge is -2.25. The number of amides is 1. The van der Waals surface area contributed by atoms with Crippen LogP contribution in [0.3, 0.4) is 0 Å². The SMILES string of the molecule is CCC(N)(CC)C(=O)NCCCCC(C)C. The first-order chi connectivity index (χ1) is 7.46. The molecule has 0 fully saturated rings. The minimum atomic E-state index is -0.669. The topological polar surface area (TPSA) is 55.1 Å². The molecular formula is C13H28N2O. The highest BCUT2D eigenvalue weighted by Gasteiger charge is 2.29. The largest absolute Gasteiger partial charge is 0.355 e. The summed E-state index contributed by atoms with van der Waals surface area (Å²) in [6, 6.07) is 0. The van der Waals surface area contributed by atoms with Crippen LogP contribution in [0.2, 0.25) is 0 Å². The Labute approximate surface area is 100 Å². The highest BCUT2D eigenvalue weighted by molar-refractivity contribution is 5.85. The van der Waals surface area contributed by atoms with Crippen LogP contribution in [-0.4, -0.2) is 18.0 Å².